The number of pyridine rings is 1. The molecule has 3 heterocycles. The smallest absolute Gasteiger partial charge is 0.253 e. The first-order chi connectivity index (χ1) is 12.6. The maximum atomic E-state index is 12.7. The van der Waals surface area contributed by atoms with Gasteiger partial charge in [-0.1, -0.05) is 23.8 Å². The second-order valence-electron chi connectivity index (χ2n) is 7.47. The van der Waals surface area contributed by atoms with Crippen molar-refractivity contribution in [3.05, 3.63) is 65.5 Å². The highest BCUT2D eigenvalue weighted by molar-refractivity contribution is 5.94. The highest BCUT2D eigenvalue weighted by atomic mass is 16.2. The predicted octanol–water partition coefficient (Wildman–Crippen LogP) is 2.67. The van der Waals surface area contributed by atoms with Gasteiger partial charge in [-0.25, -0.2) is 0 Å². The molecular formula is C21H23N3O2. The lowest BCUT2D eigenvalue weighted by Gasteiger charge is -2.39. The summed E-state index contributed by atoms with van der Waals surface area (Å²) in [6.45, 7) is 3.34. The number of piperidine rings is 1. The summed E-state index contributed by atoms with van der Waals surface area (Å²) in [5, 5.41) is 3.22. The Labute approximate surface area is 153 Å². The van der Waals surface area contributed by atoms with Crippen LogP contribution in [0.4, 0.5) is 0 Å². The molecule has 2 aliphatic rings. The van der Waals surface area contributed by atoms with Crippen molar-refractivity contribution in [2.75, 3.05) is 13.1 Å². The average molecular weight is 349 g/mol. The Morgan fingerprint density at radius 2 is 2.04 bits per heavy atom. The number of rotatable bonds is 2. The molecule has 5 heteroatoms. The number of nitrogens with one attached hydrogen (secondary N) is 1. The fraction of sp³-hybridized carbons (Fsp3) is 0.381. The molecule has 2 aromatic rings. The molecule has 2 amide bonds. The fourth-order valence-corrected chi connectivity index (χ4v) is 4.16. The van der Waals surface area contributed by atoms with Crippen LogP contribution in [0.3, 0.4) is 0 Å². The average Bonchev–Trinajstić information content (AvgIpc) is 2.98. The molecule has 1 atom stereocenters. The summed E-state index contributed by atoms with van der Waals surface area (Å²) in [6, 6.07) is 11.6. The lowest BCUT2D eigenvalue weighted by atomic mass is 9.82. The number of likely N-dealkylation sites (tertiary alicyclic amines) is 1. The first kappa shape index (κ1) is 16.8. The van der Waals surface area contributed by atoms with Gasteiger partial charge < -0.3 is 10.2 Å². The van der Waals surface area contributed by atoms with Crippen LogP contribution < -0.4 is 5.32 Å². The third-order valence-electron chi connectivity index (χ3n) is 5.66. The number of aryl methyl sites for hydroxylation is 1. The maximum absolute atomic E-state index is 12.7. The van der Waals surface area contributed by atoms with Crippen molar-refractivity contribution in [2.24, 2.45) is 0 Å². The number of carbonyl (C=O) groups is 2. The van der Waals surface area contributed by atoms with Gasteiger partial charge in [0.15, 0.2) is 0 Å². The predicted molar refractivity (Wildman–Crippen MR) is 98.8 cm³/mol. The number of carbonyl (C=O) groups excluding carboxylic acids is 2. The van der Waals surface area contributed by atoms with Gasteiger partial charge in [-0.3, -0.25) is 14.6 Å². The minimum Gasteiger partial charge on any atom is -0.350 e. The van der Waals surface area contributed by atoms with Gasteiger partial charge in [-0.05, 0) is 49.9 Å². The molecule has 2 fully saturated rings. The zero-order chi connectivity index (χ0) is 18.1. The summed E-state index contributed by atoms with van der Waals surface area (Å²) in [5.41, 5.74) is 2.61. The van der Waals surface area contributed by atoms with Crippen molar-refractivity contribution >= 4 is 11.8 Å². The Balaban J connectivity index is 1.43. The third-order valence-corrected chi connectivity index (χ3v) is 5.66. The van der Waals surface area contributed by atoms with E-state index in [0.29, 0.717) is 13.1 Å². The van der Waals surface area contributed by atoms with Gasteiger partial charge in [-0.15, -0.1) is 0 Å². The van der Waals surface area contributed by atoms with E-state index >= 15 is 0 Å². The molecule has 1 aromatic heterocycles. The lowest BCUT2D eigenvalue weighted by molar-refractivity contribution is -0.121. The summed E-state index contributed by atoms with van der Waals surface area (Å²) in [6.07, 6.45) is 5.88. The summed E-state index contributed by atoms with van der Waals surface area (Å²) in [4.78, 5) is 31.3. The van der Waals surface area contributed by atoms with Gasteiger partial charge in [0.25, 0.3) is 5.91 Å². The number of benzene rings is 1. The van der Waals surface area contributed by atoms with Crippen molar-refractivity contribution in [1.82, 2.24) is 15.2 Å². The normalized spacial score (nSPS) is 21.7. The Kier molecular flexibility index (Phi) is 4.23. The van der Waals surface area contributed by atoms with Crippen LogP contribution in [0, 0.1) is 6.92 Å². The first-order valence-corrected chi connectivity index (χ1v) is 9.14. The lowest BCUT2D eigenvalue weighted by Crippen LogP contribution is -2.52. The number of nitrogens with zero attached hydrogens (tertiary/aromatic N) is 2. The van der Waals surface area contributed by atoms with Crippen LogP contribution in [0.25, 0.3) is 0 Å². The standard InChI is InChI=1S/C21H23N3O2/c1-15-4-2-5-16(12-15)20(26)24-10-7-21(8-11-24)13-18(19(25)23-21)17-6-3-9-22-14-17/h2-6,9,12,14,18H,7-8,10-11,13H2,1H3,(H,23,25)/t18-/m0/s1. The van der Waals surface area contributed by atoms with Gasteiger partial charge >= 0.3 is 0 Å². The fourth-order valence-electron chi connectivity index (χ4n) is 4.16. The zero-order valence-corrected chi connectivity index (χ0v) is 14.9. The molecule has 26 heavy (non-hydrogen) atoms. The van der Waals surface area contributed by atoms with Gasteiger partial charge in [0.1, 0.15) is 0 Å². The van der Waals surface area contributed by atoms with Crippen molar-refractivity contribution in [2.45, 2.75) is 37.6 Å². The van der Waals surface area contributed by atoms with Crippen LogP contribution in [-0.4, -0.2) is 40.3 Å². The van der Waals surface area contributed by atoms with Gasteiger partial charge in [0.05, 0.1) is 5.92 Å². The Hall–Kier alpha value is -2.69. The quantitative estimate of drug-likeness (QED) is 0.907. The van der Waals surface area contributed by atoms with Crippen molar-refractivity contribution in [1.29, 1.82) is 0 Å². The molecule has 1 spiro atoms. The van der Waals surface area contributed by atoms with Crippen LogP contribution in [0.5, 0.6) is 0 Å². The second-order valence-corrected chi connectivity index (χ2v) is 7.47. The largest absolute Gasteiger partial charge is 0.350 e. The van der Waals surface area contributed by atoms with Crippen molar-refractivity contribution < 1.29 is 9.59 Å². The second kappa shape index (κ2) is 6.56. The molecule has 134 valence electrons. The SMILES string of the molecule is Cc1cccc(C(=O)N2CCC3(CC2)C[C@@H](c2cccnc2)C(=O)N3)c1. The third kappa shape index (κ3) is 3.09. The van der Waals surface area contributed by atoms with Crippen LogP contribution in [-0.2, 0) is 4.79 Å². The van der Waals surface area contributed by atoms with Crippen LogP contribution in [0.15, 0.2) is 48.8 Å². The Bertz CT molecular complexity index is 826. The number of hydrogen-bond acceptors (Lipinski definition) is 3. The molecule has 1 N–H and O–H groups in total. The molecule has 4 rings (SSSR count). The van der Waals surface area contributed by atoms with E-state index in [9.17, 15) is 9.59 Å². The van der Waals surface area contributed by atoms with E-state index < -0.39 is 0 Å². The molecule has 0 radical (unpaired) electrons. The molecule has 0 aliphatic carbocycles. The Morgan fingerprint density at radius 3 is 2.73 bits per heavy atom. The van der Waals surface area contributed by atoms with Crippen LogP contribution in [0.2, 0.25) is 0 Å². The monoisotopic (exact) mass is 349 g/mol. The summed E-state index contributed by atoms with van der Waals surface area (Å²) < 4.78 is 0. The van der Waals surface area contributed by atoms with E-state index in [-0.39, 0.29) is 23.3 Å². The minimum atomic E-state index is -0.193. The van der Waals surface area contributed by atoms with Gasteiger partial charge in [0, 0.05) is 36.6 Å². The minimum absolute atomic E-state index is 0.0801. The van der Waals surface area contributed by atoms with E-state index in [1.54, 1.807) is 12.4 Å². The molecule has 2 aliphatic heterocycles. The summed E-state index contributed by atoms with van der Waals surface area (Å²) >= 11 is 0. The van der Waals surface area contributed by atoms with Crippen LogP contribution >= 0.6 is 0 Å². The number of amides is 2. The number of hydrogen-bond donors (Lipinski definition) is 1. The highest BCUT2D eigenvalue weighted by Gasteiger charge is 2.46. The molecule has 1 aromatic carbocycles. The van der Waals surface area contributed by atoms with Gasteiger partial charge in [0.2, 0.25) is 5.91 Å². The van der Waals surface area contributed by atoms with E-state index in [0.717, 1.165) is 36.0 Å². The highest BCUT2D eigenvalue weighted by Crippen LogP contribution is 2.39. The maximum Gasteiger partial charge on any atom is 0.253 e. The van der Waals surface area contributed by atoms with E-state index in [2.05, 4.69) is 10.3 Å². The molecular weight excluding hydrogens is 326 g/mol. The summed E-state index contributed by atoms with van der Waals surface area (Å²) in [5.74, 6) is 0.0240. The molecule has 0 unspecified atom stereocenters. The van der Waals surface area contributed by atoms with E-state index in [1.807, 2.05) is 48.2 Å². The van der Waals surface area contributed by atoms with Crippen molar-refractivity contribution in [3.63, 3.8) is 0 Å². The number of aromatic nitrogens is 1. The molecule has 5 nitrogen and oxygen atoms in total. The van der Waals surface area contributed by atoms with Gasteiger partial charge in [-0.2, -0.15) is 0 Å². The molecule has 0 bridgehead atoms. The topological polar surface area (TPSA) is 62.3 Å². The summed E-state index contributed by atoms with van der Waals surface area (Å²) in [7, 11) is 0. The van der Waals surface area contributed by atoms with E-state index in [1.165, 1.54) is 0 Å². The zero-order valence-electron chi connectivity index (χ0n) is 14.9. The molecule has 2 saturated heterocycles. The van der Waals surface area contributed by atoms with Crippen molar-refractivity contribution in [3.8, 4) is 0 Å². The first-order valence-electron chi connectivity index (χ1n) is 9.14. The van der Waals surface area contributed by atoms with E-state index in [4.69, 9.17) is 0 Å². The Morgan fingerprint density at radius 1 is 1.23 bits per heavy atom. The molecule has 0 saturated carbocycles. The van der Waals surface area contributed by atoms with Crippen LogP contribution in [0.1, 0.15) is 46.7 Å².